The Balaban J connectivity index is 1.69. The number of aliphatic hydroxyl groups is 1. The first kappa shape index (κ1) is 21.6. The fraction of sp³-hybridized carbons (Fsp3) is 0.379. The number of hydrogen-bond acceptors (Lipinski definition) is 6. The van der Waals surface area contributed by atoms with E-state index in [1.54, 1.807) is 33.3 Å². The highest BCUT2D eigenvalue weighted by Crippen LogP contribution is 2.41. The van der Waals surface area contributed by atoms with Crippen molar-refractivity contribution in [3.63, 3.8) is 0 Å². The van der Waals surface area contributed by atoms with E-state index in [9.17, 15) is 5.11 Å². The first-order chi connectivity index (χ1) is 19.4. The summed E-state index contributed by atoms with van der Waals surface area (Å²) in [5.74, 6) is 0.196. The van der Waals surface area contributed by atoms with Crippen molar-refractivity contribution >= 4 is 33.5 Å². The Morgan fingerprint density at radius 3 is 2.63 bits per heavy atom. The Morgan fingerprint density at radius 2 is 1.92 bits per heavy atom. The van der Waals surface area contributed by atoms with Gasteiger partial charge in [0, 0.05) is 47.7 Å². The van der Waals surface area contributed by atoms with Gasteiger partial charge in [-0.3, -0.25) is 9.97 Å². The second kappa shape index (κ2) is 9.45. The lowest BCUT2D eigenvalue weighted by Gasteiger charge is -2.32. The molecule has 1 fully saturated rings. The van der Waals surface area contributed by atoms with Crippen molar-refractivity contribution in [1.82, 2.24) is 29.5 Å². The zero-order valence-corrected chi connectivity index (χ0v) is 22.3. The van der Waals surface area contributed by atoms with Gasteiger partial charge < -0.3 is 14.4 Å². The first-order valence-corrected chi connectivity index (χ1v) is 13.1. The third-order valence-corrected chi connectivity index (χ3v) is 7.71. The third kappa shape index (κ3) is 4.26. The average molecular weight is 534 g/mol. The van der Waals surface area contributed by atoms with E-state index >= 15 is 0 Å². The molecular weight excluding hydrogens is 500 g/mol. The molecule has 5 heterocycles. The van der Waals surface area contributed by atoms with Crippen LogP contribution < -0.4 is 0 Å². The molecule has 1 unspecified atom stereocenters. The molecule has 38 heavy (non-hydrogen) atoms. The maximum Gasteiger partial charge on any atom is 0.0960 e. The summed E-state index contributed by atoms with van der Waals surface area (Å²) in [6.45, 7) is 2.38. The van der Waals surface area contributed by atoms with Gasteiger partial charge in [0.15, 0.2) is 0 Å². The van der Waals surface area contributed by atoms with Crippen LogP contribution in [-0.2, 0) is 17.4 Å². The summed E-state index contributed by atoms with van der Waals surface area (Å²) < 4.78 is 33.5. The molecule has 4 aromatic heterocycles. The topological polar surface area (TPSA) is 90.9 Å². The molecule has 1 aromatic carbocycles. The van der Waals surface area contributed by atoms with Crippen LogP contribution >= 0.6 is 11.6 Å². The number of halogens is 1. The summed E-state index contributed by atoms with van der Waals surface area (Å²) in [7, 11) is 1.68. The summed E-state index contributed by atoms with van der Waals surface area (Å²) in [5, 5.41) is 20.4. The van der Waals surface area contributed by atoms with Gasteiger partial charge in [0.05, 0.1) is 50.3 Å². The highest BCUT2D eigenvalue weighted by atomic mass is 35.5. The minimum Gasteiger partial charge on any atom is -0.386 e. The maximum absolute atomic E-state index is 10.9. The fourth-order valence-electron chi connectivity index (χ4n) is 5.57. The van der Waals surface area contributed by atoms with Gasteiger partial charge in [0.1, 0.15) is 0 Å². The second-order valence-electron chi connectivity index (χ2n) is 10.5. The molecule has 9 heteroatoms. The molecule has 0 spiro atoms. The standard InChI is InChI=1S/C29H31ClN6O2/c1-17-27(35(4)34-33-17)19-13-25-26(32-15-19)22-7-5-20(29(2,3)37)14-24(22)36(25)28(18-9-11-38-12-10-18)23-8-6-21(30)16-31-23/h5-8,13-16,18,28,37H,9-12H2,1-4H3/i1D3. The number of aryl methyl sites for hydroxylation is 2. The largest absolute Gasteiger partial charge is 0.386 e. The van der Waals surface area contributed by atoms with Crippen LogP contribution in [0.1, 0.15) is 53.8 Å². The Morgan fingerprint density at radius 1 is 1.11 bits per heavy atom. The van der Waals surface area contributed by atoms with E-state index in [0.717, 1.165) is 46.0 Å². The molecule has 1 atom stereocenters. The SMILES string of the molecule is [2H]C([2H])([2H])c1nnn(C)c1-c1cnc2c3ccc(C(C)(C)O)cc3n(C(c3ccc(Cl)cn3)C3CCOCC3)c2c1. The summed E-state index contributed by atoms with van der Waals surface area (Å²) in [5.41, 5.74) is 3.95. The van der Waals surface area contributed by atoms with E-state index in [-0.39, 0.29) is 17.7 Å². The summed E-state index contributed by atoms with van der Waals surface area (Å²) in [6, 6.07) is 11.5. The molecule has 196 valence electrons. The van der Waals surface area contributed by atoms with Gasteiger partial charge in [0.2, 0.25) is 0 Å². The second-order valence-corrected chi connectivity index (χ2v) is 10.9. The van der Waals surface area contributed by atoms with Crippen LogP contribution in [-0.4, -0.2) is 47.8 Å². The molecule has 6 rings (SSSR count). The van der Waals surface area contributed by atoms with Crippen LogP contribution in [0.4, 0.5) is 0 Å². The monoisotopic (exact) mass is 533 g/mol. The van der Waals surface area contributed by atoms with Crippen LogP contribution in [0.15, 0.2) is 48.8 Å². The highest BCUT2D eigenvalue weighted by Gasteiger charge is 2.32. The van der Waals surface area contributed by atoms with Gasteiger partial charge in [-0.1, -0.05) is 28.9 Å². The Bertz CT molecular complexity index is 1730. The van der Waals surface area contributed by atoms with Gasteiger partial charge >= 0.3 is 0 Å². The predicted molar refractivity (Wildman–Crippen MR) is 148 cm³/mol. The lowest BCUT2D eigenvalue weighted by atomic mass is 9.88. The lowest BCUT2D eigenvalue weighted by molar-refractivity contribution is 0.0547. The normalized spacial score (nSPS) is 17.4. The summed E-state index contributed by atoms with van der Waals surface area (Å²) >= 11 is 6.25. The third-order valence-electron chi connectivity index (χ3n) is 7.49. The number of nitrogens with zero attached hydrogens (tertiary/aromatic N) is 6. The molecule has 1 aliphatic rings. The molecule has 5 aromatic rings. The molecule has 0 aliphatic carbocycles. The van der Waals surface area contributed by atoms with E-state index in [1.165, 1.54) is 4.68 Å². The van der Waals surface area contributed by atoms with Crippen molar-refractivity contribution in [2.45, 2.75) is 45.2 Å². The number of fused-ring (bicyclic) bond motifs is 3. The minimum atomic E-state index is -2.44. The van der Waals surface area contributed by atoms with Crippen molar-refractivity contribution in [3.05, 3.63) is 70.8 Å². The molecule has 0 radical (unpaired) electrons. The number of rotatable bonds is 5. The van der Waals surface area contributed by atoms with Gasteiger partial charge in [-0.2, -0.15) is 0 Å². The zero-order chi connectivity index (χ0) is 29.1. The Labute approximate surface area is 230 Å². The van der Waals surface area contributed by atoms with E-state index < -0.39 is 12.5 Å². The zero-order valence-electron chi connectivity index (χ0n) is 24.5. The van der Waals surface area contributed by atoms with Crippen molar-refractivity contribution in [2.75, 3.05) is 13.2 Å². The van der Waals surface area contributed by atoms with Crippen LogP contribution in [0.3, 0.4) is 0 Å². The van der Waals surface area contributed by atoms with Gasteiger partial charge in [-0.25, -0.2) is 4.68 Å². The van der Waals surface area contributed by atoms with Gasteiger partial charge in [-0.05, 0) is 69.3 Å². The lowest BCUT2D eigenvalue weighted by Crippen LogP contribution is -2.27. The van der Waals surface area contributed by atoms with E-state index in [4.69, 9.17) is 30.4 Å². The molecular formula is C29H31ClN6O2. The molecule has 0 saturated carbocycles. The first-order valence-electron chi connectivity index (χ1n) is 14.2. The Hall–Kier alpha value is -3.33. The molecule has 0 amide bonds. The number of ether oxygens (including phenoxy) is 1. The maximum atomic E-state index is 10.9. The number of benzene rings is 1. The molecule has 0 bridgehead atoms. The van der Waals surface area contributed by atoms with Crippen LogP contribution in [0, 0.1) is 12.8 Å². The number of aromatic nitrogens is 6. The summed E-state index contributed by atoms with van der Waals surface area (Å²) in [6.07, 6.45) is 5.01. The predicted octanol–water partition coefficient (Wildman–Crippen LogP) is 5.59. The fourth-order valence-corrected chi connectivity index (χ4v) is 5.69. The van der Waals surface area contributed by atoms with E-state index in [0.29, 0.717) is 29.5 Å². The van der Waals surface area contributed by atoms with Crippen molar-refractivity contribution in [2.24, 2.45) is 13.0 Å². The van der Waals surface area contributed by atoms with E-state index in [2.05, 4.69) is 14.9 Å². The molecule has 8 nitrogen and oxygen atoms in total. The number of hydrogen-bond donors (Lipinski definition) is 1. The van der Waals surface area contributed by atoms with E-state index in [1.807, 2.05) is 36.4 Å². The minimum absolute atomic E-state index is 0.0755. The quantitative estimate of drug-likeness (QED) is 0.317. The van der Waals surface area contributed by atoms with Gasteiger partial charge in [0.25, 0.3) is 0 Å². The Kier molecular flexibility index (Phi) is 5.37. The molecule has 1 aliphatic heterocycles. The van der Waals surface area contributed by atoms with Crippen molar-refractivity contribution in [3.8, 4) is 11.3 Å². The van der Waals surface area contributed by atoms with Crippen molar-refractivity contribution in [1.29, 1.82) is 0 Å². The van der Waals surface area contributed by atoms with Crippen LogP contribution in [0.25, 0.3) is 33.2 Å². The summed E-state index contributed by atoms with van der Waals surface area (Å²) in [4.78, 5) is 9.64. The van der Waals surface area contributed by atoms with Crippen molar-refractivity contribution < 1.29 is 14.0 Å². The number of pyridine rings is 2. The molecule has 1 N–H and O–H groups in total. The van der Waals surface area contributed by atoms with Crippen LogP contribution in [0.2, 0.25) is 5.02 Å². The van der Waals surface area contributed by atoms with Gasteiger partial charge in [-0.15, -0.1) is 5.10 Å². The average Bonchev–Trinajstić information content (AvgIpc) is 3.48. The van der Waals surface area contributed by atoms with Crippen LogP contribution in [0.5, 0.6) is 0 Å². The molecule has 1 saturated heterocycles. The smallest absolute Gasteiger partial charge is 0.0960 e. The highest BCUT2D eigenvalue weighted by molar-refractivity contribution is 6.30.